The van der Waals surface area contributed by atoms with Gasteiger partial charge < -0.3 is 14.8 Å². The molecule has 4 rings (SSSR count). The van der Waals surface area contributed by atoms with Crippen molar-refractivity contribution in [1.29, 1.82) is 0 Å². The van der Waals surface area contributed by atoms with Crippen molar-refractivity contribution in [3.05, 3.63) is 88.6 Å². The van der Waals surface area contributed by atoms with E-state index in [9.17, 15) is 4.79 Å². The number of carbonyl (C=O) groups excluding carboxylic acids is 1. The quantitative estimate of drug-likeness (QED) is 0.457. The maximum atomic E-state index is 12.8. The number of aromatic nitrogens is 2. The molecule has 0 saturated carbocycles. The highest BCUT2D eigenvalue weighted by atomic mass is 35.5. The molecule has 0 aliphatic rings. The number of benzene rings is 3. The van der Waals surface area contributed by atoms with Gasteiger partial charge in [0.1, 0.15) is 0 Å². The number of halogens is 1. The Labute approximate surface area is 185 Å². The first kappa shape index (κ1) is 20.8. The molecular weight excluding hydrogens is 414 g/mol. The Morgan fingerprint density at radius 1 is 1.06 bits per heavy atom. The molecule has 1 N–H and O–H groups in total. The van der Waals surface area contributed by atoms with Crippen LogP contribution in [0.3, 0.4) is 0 Å². The van der Waals surface area contributed by atoms with Crippen LogP contribution in [0.5, 0.6) is 11.5 Å². The zero-order chi connectivity index (χ0) is 21.8. The molecule has 1 aromatic heterocycles. The Bertz CT molecular complexity index is 1220. The summed E-state index contributed by atoms with van der Waals surface area (Å²) in [6.45, 7) is 0.911. The number of fused-ring (bicyclic) bond motifs is 1. The maximum Gasteiger partial charge on any atom is 0.251 e. The topological polar surface area (TPSA) is 65.4 Å². The molecule has 0 bridgehead atoms. The summed E-state index contributed by atoms with van der Waals surface area (Å²) in [5.41, 5.74) is 3.37. The van der Waals surface area contributed by atoms with Gasteiger partial charge >= 0.3 is 0 Å². The van der Waals surface area contributed by atoms with Crippen LogP contribution in [-0.2, 0) is 13.1 Å². The molecule has 3 aromatic carbocycles. The number of methoxy groups -OCH3 is 2. The fourth-order valence-corrected chi connectivity index (χ4v) is 3.60. The molecule has 0 aliphatic carbocycles. The Hall–Kier alpha value is -3.51. The van der Waals surface area contributed by atoms with Crippen LogP contribution in [-0.4, -0.2) is 29.9 Å². The van der Waals surface area contributed by atoms with E-state index < -0.39 is 0 Å². The van der Waals surface area contributed by atoms with Gasteiger partial charge in [-0.2, -0.15) is 5.10 Å². The van der Waals surface area contributed by atoms with Crippen molar-refractivity contribution >= 4 is 28.4 Å². The first-order chi connectivity index (χ1) is 15.1. The van der Waals surface area contributed by atoms with Crippen molar-refractivity contribution in [2.75, 3.05) is 14.2 Å². The third-order valence-electron chi connectivity index (χ3n) is 5.08. The van der Waals surface area contributed by atoms with Gasteiger partial charge in [-0.1, -0.05) is 41.9 Å². The van der Waals surface area contributed by atoms with Crippen LogP contribution in [0.15, 0.2) is 66.9 Å². The number of para-hydroxylation sites is 1. The van der Waals surface area contributed by atoms with Gasteiger partial charge in [0.2, 0.25) is 0 Å². The van der Waals surface area contributed by atoms with E-state index in [1.165, 1.54) is 0 Å². The van der Waals surface area contributed by atoms with E-state index in [2.05, 4.69) is 10.4 Å². The second kappa shape index (κ2) is 9.10. The van der Waals surface area contributed by atoms with Gasteiger partial charge in [-0.25, -0.2) is 0 Å². The second-order valence-electron chi connectivity index (χ2n) is 7.04. The second-order valence-corrected chi connectivity index (χ2v) is 7.47. The average Bonchev–Trinajstić information content (AvgIpc) is 3.20. The van der Waals surface area contributed by atoms with Crippen LogP contribution in [0.2, 0.25) is 5.02 Å². The molecule has 0 saturated heterocycles. The van der Waals surface area contributed by atoms with Crippen molar-refractivity contribution in [2.45, 2.75) is 13.1 Å². The lowest BCUT2D eigenvalue weighted by atomic mass is 10.1. The third kappa shape index (κ3) is 4.49. The molecule has 4 aromatic rings. The molecule has 0 fully saturated rings. The molecule has 0 radical (unpaired) electrons. The van der Waals surface area contributed by atoms with E-state index in [1.54, 1.807) is 26.5 Å². The lowest BCUT2D eigenvalue weighted by Crippen LogP contribution is -2.23. The van der Waals surface area contributed by atoms with E-state index >= 15 is 0 Å². The Morgan fingerprint density at radius 3 is 2.61 bits per heavy atom. The van der Waals surface area contributed by atoms with Gasteiger partial charge in [0.25, 0.3) is 5.91 Å². The summed E-state index contributed by atoms with van der Waals surface area (Å²) in [6.07, 6.45) is 1.80. The van der Waals surface area contributed by atoms with Gasteiger partial charge in [-0.15, -0.1) is 0 Å². The molecule has 1 heterocycles. The number of ether oxygens (including phenoxy) is 2. The lowest BCUT2D eigenvalue weighted by Gasteiger charge is -2.13. The Kier molecular flexibility index (Phi) is 6.09. The summed E-state index contributed by atoms with van der Waals surface area (Å²) < 4.78 is 12.6. The highest BCUT2D eigenvalue weighted by Gasteiger charge is 2.13. The van der Waals surface area contributed by atoms with Crippen molar-refractivity contribution in [1.82, 2.24) is 15.1 Å². The van der Waals surface area contributed by atoms with Crippen LogP contribution in [0.4, 0.5) is 0 Å². The van der Waals surface area contributed by atoms with Crippen molar-refractivity contribution in [3.63, 3.8) is 0 Å². The monoisotopic (exact) mass is 435 g/mol. The summed E-state index contributed by atoms with van der Waals surface area (Å²) in [5.74, 6) is 1.06. The van der Waals surface area contributed by atoms with E-state index in [0.717, 1.165) is 22.0 Å². The van der Waals surface area contributed by atoms with Crippen molar-refractivity contribution in [3.8, 4) is 11.5 Å². The van der Waals surface area contributed by atoms with Gasteiger partial charge in [0, 0.05) is 28.1 Å². The highest BCUT2D eigenvalue weighted by molar-refractivity contribution is 6.30. The van der Waals surface area contributed by atoms with Crippen LogP contribution < -0.4 is 14.8 Å². The summed E-state index contributed by atoms with van der Waals surface area (Å²) in [6, 6.07) is 18.8. The number of nitrogens with zero attached hydrogens (tertiary/aromatic N) is 2. The number of hydrogen-bond donors (Lipinski definition) is 1. The summed E-state index contributed by atoms with van der Waals surface area (Å²) >= 11 is 5.97. The minimum atomic E-state index is -0.175. The molecular formula is C24H22ClN3O3. The summed E-state index contributed by atoms with van der Waals surface area (Å²) in [5, 5.41) is 9.09. The molecule has 0 spiro atoms. The normalized spacial score (nSPS) is 10.8. The smallest absolute Gasteiger partial charge is 0.251 e. The standard InChI is InChI=1S/C24H22ClN3O3/c1-30-22-5-3-4-19(23(22)31-2)13-26-24(29)17-8-9-18-14-27-28(21(18)12-17)15-16-6-10-20(25)11-7-16/h3-12,14H,13,15H2,1-2H3,(H,26,29). The highest BCUT2D eigenvalue weighted by Crippen LogP contribution is 2.30. The van der Waals surface area contributed by atoms with E-state index in [0.29, 0.717) is 35.2 Å². The fraction of sp³-hybridized carbons (Fsp3) is 0.167. The number of amides is 1. The molecule has 158 valence electrons. The minimum absolute atomic E-state index is 0.175. The number of carbonyl (C=O) groups is 1. The number of rotatable bonds is 7. The molecule has 0 atom stereocenters. The minimum Gasteiger partial charge on any atom is -0.493 e. The van der Waals surface area contributed by atoms with Crippen LogP contribution >= 0.6 is 11.6 Å². The molecule has 0 unspecified atom stereocenters. The lowest BCUT2D eigenvalue weighted by molar-refractivity contribution is 0.0950. The van der Waals surface area contributed by atoms with Gasteiger partial charge in [-0.05, 0) is 35.9 Å². The number of hydrogen-bond acceptors (Lipinski definition) is 4. The van der Waals surface area contributed by atoms with Gasteiger partial charge in [0.05, 0.1) is 32.5 Å². The summed E-state index contributed by atoms with van der Waals surface area (Å²) in [7, 11) is 3.17. The first-order valence-corrected chi connectivity index (χ1v) is 10.1. The van der Waals surface area contributed by atoms with Gasteiger partial charge in [0.15, 0.2) is 11.5 Å². The molecule has 31 heavy (non-hydrogen) atoms. The van der Waals surface area contributed by atoms with E-state index in [-0.39, 0.29) is 5.91 Å². The molecule has 0 aliphatic heterocycles. The van der Waals surface area contributed by atoms with Crippen LogP contribution in [0.1, 0.15) is 21.5 Å². The van der Waals surface area contributed by atoms with Crippen LogP contribution in [0, 0.1) is 0 Å². The zero-order valence-electron chi connectivity index (χ0n) is 17.3. The van der Waals surface area contributed by atoms with Gasteiger partial charge in [-0.3, -0.25) is 9.48 Å². The Balaban J connectivity index is 1.53. The van der Waals surface area contributed by atoms with Crippen LogP contribution in [0.25, 0.3) is 10.9 Å². The average molecular weight is 436 g/mol. The maximum absolute atomic E-state index is 12.8. The predicted octanol–water partition coefficient (Wildman–Crippen LogP) is 4.69. The SMILES string of the molecule is COc1cccc(CNC(=O)c2ccc3cnn(Cc4ccc(Cl)cc4)c3c2)c1OC. The Morgan fingerprint density at radius 2 is 1.87 bits per heavy atom. The molecule has 7 heteroatoms. The predicted molar refractivity (Wildman–Crippen MR) is 121 cm³/mol. The van der Waals surface area contributed by atoms with Crippen molar-refractivity contribution < 1.29 is 14.3 Å². The fourth-order valence-electron chi connectivity index (χ4n) is 3.47. The van der Waals surface area contributed by atoms with Crippen molar-refractivity contribution in [2.24, 2.45) is 0 Å². The molecule has 1 amide bonds. The van der Waals surface area contributed by atoms with E-state index in [4.69, 9.17) is 21.1 Å². The third-order valence-corrected chi connectivity index (χ3v) is 5.33. The zero-order valence-corrected chi connectivity index (χ0v) is 18.0. The molecule has 6 nitrogen and oxygen atoms in total. The first-order valence-electron chi connectivity index (χ1n) is 9.77. The van der Waals surface area contributed by atoms with E-state index in [1.807, 2.05) is 59.3 Å². The largest absolute Gasteiger partial charge is 0.493 e. The summed E-state index contributed by atoms with van der Waals surface area (Å²) in [4.78, 5) is 12.8. The number of nitrogens with one attached hydrogen (secondary N) is 1.